The minimum atomic E-state index is -1.56. The summed E-state index contributed by atoms with van der Waals surface area (Å²) in [6.45, 7) is 1.34. The van der Waals surface area contributed by atoms with Gasteiger partial charge in [0.05, 0.1) is 6.10 Å². The van der Waals surface area contributed by atoms with E-state index in [4.69, 9.17) is 10.8 Å². The molecule has 100 valence electrons. The van der Waals surface area contributed by atoms with E-state index in [9.17, 15) is 9.90 Å². The molecule has 4 heteroatoms. The molecule has 2 unspecified atom stereocenters. The van der Waals surface area contributed by atoms with Crippen LogP contribution in [-0.2, 0) is 11.2 Å². The van der Waals surface area contributed by atoms with Gasteiger partial charge in [0.15, 0.2) is 0 Å². The molecule has 0 aliphatic carbocycles. The fourth-order valence-corrected chi connectivity index (χ4v) is 1.75. The molecule has 0 aromatic heterocycles. The average Bonchev–Trinajstić information content (AvgIpc) is 2.35. The topological polar surface area (TPSA) is 83.6 Å². The number of hydrogen-bond acceptors (Lipinski definition) is 3. The number of aliphatic hydroxyl groups is 1. The first-order valence-electron chi connectivity index (χ1n) is 6.19. The van der Waals surface area contributed by atoms with E-state index < -0.39 is 17.6 Å². The number of aliphatic hydroxyl groups excluding tert-OH is 1. The first kappa shape index (κ1) is 14.7. The van der Waals surface area contributed by atoms with Gasteiger partial charge in [0.1, 0.15) is 5.54 Å². The van der Waals surface area contributed by atoms with E-state index in [1.54, 1.807) is 0 Å². The quantitative estimate of drug-likeness (QED) is 0.642. The Morgan fingerprint density at radius 1 is 1.33 bits per heavy atom. The van der Waals surface area contributed by atoms with Gasteiger partial charge in [-0.25, -0.2) is 0 Å². The van der Waals surface area contributed by atoms with Crippen LogP contribution in [0.4, 0.5) is 0 Å². The summed E-state index contributed by atoms with van der Waals surface area (Å²) in [6.07, 6.45) is 2.01. The molecule has 2 atom stereocenters. The third-order valence-corrected chi connectivity index (χ3v) is 3.19. The van der Waals surface area contributed by atoms with Gasteiger partial charge < -0.3 is 15.9 Å². The summed E-state index contributed by atoms with van der Waals surface area (Å²) in [7, 11) is 0. The first-order chi connectivity index (χ1) is 8.44. The van der Waals surface area contributed by atoms with E-state index in [1.807, 2.05) is 18.2 Å². The smallest absolute Gasteiger partial charge is 0.326 e. The number of unbranched alkanes of at least 4 members (excludes halogenated alkanes) is 1. The van der Waals surface area contributed by atoms with E-state index in [-0.39, 0.29) is 0 Å². The monoisotopic (exact) mass is 251 g/mol. The Labute approximate surface area is 107 Å². The number of rotatable bonds is 7. The first-order valence-corrected chi connectivity index (χ1v) is 6.19. The highest BCUT2D eigenvalue weighted by molar-refractivity contribution is 5.78. The van der Waals surface area contributed by atoms with Gasteiger partial charge in [-0.2, -0.15) is 0 Å². The van der Waals surface area contributed by atoms with Crippen LogP contribution in [0, 0.1) is 0 Å². The van der Waals surface area contributed by atoms with Crippen molar-refractivity contribution >= 4 is 5.97 Å². The number of carbonyl (C=O) groups is 1. The Morgan fingerprint density at radius 2 is 1.94 bits per heavy atom. The van der Waals surface area contributed by atoms with Gasteiger partial charge >= 0.3 is 5.97 Å². The lowest BCUT2D eigenvalue weighted by atomic mass is 9.91. The van der Waals surface area contributed by atoms with Crippen LogP contribution in [0.15, 0.2) is 30.3 Å². The van der Waals surface area contributed by atoms with Gasteiger partial charge in [-0.15, -0.1) is 0 Å². The molecule has 0 fully saturated rings. The van der Waals surface area contributed by atoms with Crippen molar-refractivity contribution in [2.75, 3.05) is 0 Å². The number of carboxylic acids is 1. The molecule has 0 amide bonds. The second-order valence-corrected chi connectivity index (χ2v) is 4.84. The van der Waals surface area contributed by atoms with E-state index in [0.717, 1.165) is 19.3 Å². The number of benzene rings is 1. The fraction of sp³-hybridized carbons (Fsp3) is 0.500. The van der Waals surface area contributed by atoms with Crippen LogP contribution >= 0.6 is 0 Å². The molecule has 4 N–H and O–H groups in total. The zero-order chi connectivity index (χ0) is 13.6. The summed E-state index contributed by atoms with van der Waals surface area (Å²) in [6, 6.07) is 10.1. The largest absolute Gasteiger partial charge is 0.480 e. The molecule has 0 spiro atoms. The minimum absolute atomic E-state index is 0.409. The molecule has 0 bridgehead atoms. The zero-order valence-corrected chi connectivity index (χ0v) is 10.7. The predicted octanol–water partition coefficient (Wildman–Crippen LogP) is 1.56. The standard InChI is InChI=1S/C14H21NO3/c1-14(15,13(17)18)12(16)10-6-5-9-11-7-3-2-4-8-11/h2-4,7-8,12,16H,5-6,9-10,15H2,1H3,(H,17,18). The Hall–Kier alpha value is -1.39. The van der Waals surface area contributed by atoms with Crippen LogP contribution in [0.25, 0.3) is 0 Å². The predicted molar refractivity (Wildman–Crippen MR) is 70.2 cm³/mol. The van der Waals surface area contributed by atoms with Gasteiger partial charge in [0.25, 0.3) is 0 Å². The molecule has 1 aromatic carbocycles. The normalized spacial score (nSPS) is 15.9. The molecule has 0 saturated carbocycles. The molecular weight excluding hydrogens is 230 g/mol. The molecular formula is C14H21NO3. The van der Waals surface area contributed by atoms with E-state index in [1.165, 1.54) is 12.5 Å². The maximum Gasteiger partial charge on any atom is 0.326 e. The van der Waals surface area contributed by atoms with Crippen molar-refractivity contribution < 1.29 is 15.0 Å². The molecule has 0 heterocycles. The van der Waals surface area contributed by atoms with Crippen molar-refractivity contribution in [3.8, 4) is 0 Å². The molecule has 0 saturated heterocycles. The maximum absolute atomic E-state index is 10.8. The highest BCUT2D eigenvalue weighted by Gasteiger charge is 2.35. The Balaban J connectivity index is 2.28. The Bertz CT molecular complexity index is 376. The average molecular weight is 251 g/mol. The molecule has 1 rings (SSSR count). The highest BCUT2D eigenvalue weighted by Crippen LogP contribution is 2.15. The molecule has 0 radical (unpaired) electrons. The summed E-state index contributed by atoms with van der Waals surface area (Å²) in [5.74, 6) is -1.17. The Kier molecular flexibility index (Phi) is 5.31. The minimum Gasteiger partial charge on any atom is -0.480 e. The summed E-state index contributed by atoms with van der Waals surface area (Å²) in [5, 5.41) is 18.6. The van der Waals surface area contributed by atoms with Crippen molar-refractivity contribution in [2.45, 2.75) is 44.2 Å². The molecule has 4 nitrogen and oxygen atoms in total. The number of aliphatic carboxylic acids is 1. The van der Waals surface area contributed by atoms with Gasteiger partial charge in [0, 0.05) is 0 Å². The van der Waals surface area contributed by atoms with Crippen molar-refractivity contribution in [3.05, 3.63) is 35.9 Å². The zero-order valence-electron chi connectivity index (χ0n) is 10.7. The lowest BCUT2D eigenvalue weighted by molar-refractivity contribution is -0.147. The molecule has 1 aromatic rings. The molecule has 18 heavy (non-hydrogen) atoms. The highest BCUT2D eigenvalue weighted by atomic mass is 16.4. The van der Waals surface area contributed by atoms with E-state index >= 15 is 0 Å². The third-order valence-electron chi connectivity index (χ3n) is 3.19. The summed E-state index contributed by atoms with van der Waals surface area (Å²) < 4.78 is 0. The van der Waals surface area contributed by atoms with E-state index in [0.29, 0.717) is 6.42 Å². The van der Waals surface area contributed by atoms with Gasteiger partial charge in [-0.1, -0.05) is 36.8 Å². The lowest BCUT2D eigenvalue weighted by Gasteiger charge is -2.25. The summed E-state index contributed by atoms with van der Waals surface area (Å²) in [4.78, 5) is 10.8. The Morgan fingerprint density at radius 3 is 2.50 bits per heavy atom. The van der Waals surface area contributed by atoms with Gasteiger partial charge in [-0.3, -0.25) is 4.79 Å². The fourth-order valence-electron chi connectivity index (χ4n) is 1.75. The summed E-state index contributed by atoms with van der Waals surface area (Å²) in [5.41, 5.74) is 5.23. The van der Waals surface area contributed by atoms with Crippen LogP contribution in [0.3, 0.4) is 0 Å². The number of carboxylic acid groups (broad SMARTS) is 1. The molecule has 0 aliphatic rings. The molecule has 0 aliphatic heterocycles. The van der Waals surface area contributed by atoms with Crippen molar-refractivity contribution in [1.82, 2.24) is 0 Å². The van der Waals surface area contributed by atoms with Crippen molar-refractivity contribution in [3.63, 3.8) is 0 Å². The van der Waals surface area contributed by atoms with Crippen LogP contribution in [0.2, 0.25) is 0 Å². The van der Waals surface area contributed by atoms with Crippen LogP contribution in [-0.4, -0.2) is 27.8 Å². The second kappa shape index (κ2) is 6.52. The van der Waals surface area contributed by atoms with Crippen LogP contribution in [0.1, 0.15) is 31.7 Å². The van der Waals surface area contributed by atoms with Crippen molar-refractivity contribution in [2.24, 2.45) is 5.73 Å². The number of aryl methyl sites for hydroxylation is 1. The van der Waals surface area contributed by atoms with Gasteiger partial charge in [-0.05, 0) is 31.7 Å². The van der Waals surface area contributed by atoms with Crippen molar-refractivity contribution in [1.29, 1.82) is 0 Å². The maximum atomic E-state index is 10.8. The lowest BCUT2D eigenvalue weighted by Crippen LogP contribution is -2.54. The second-order valence-electron chi connectivity index (χ2n) is 4.84. The number of hydrogen-bond donors (Lipinski definition) is 3. The van der Waals surface area contributed by atoms with Gasteiger partial charge in [0.2, 0.25) is 0 Å². The van der Waals surface area contributed by atoms with Crippen LogP contribution < -0.4 is 5.73 Å². The van der Waals surface area contributed by atoms with Crippen LogP contribution in [0.5, 0.6) is 0 Å². The third kappa shape index (κ3) is 4.13. The van der Waals surface area contributed by atoms with E-state index in [2.05, 4.69) is 12.1 Å². The SMILES string of the molecule is CC(N)(C(=O)O)C(O)CCCCc1ccccc1. The summed E-state index contributed by atoms with van der Waals surface area (Å²) >= 11 is 0. The number of nitrogens with two attached hydrogens (primary N) is 1.